The standard InChI is InChI=1S/C15H17BrClNOS/c1-3-18-8-11-7-12(16)6-10(2)15(11)19-9-13-4-5-14(17)20-13/h4-7,18H,3,8-9H2,1-2H3. The summed E-state index contributed by atoms with van der Waals surface area (Å²) in [6, 6.07) is 8.09. The maximum Gasteiger partial charge on any atom is 0.127 e. The molecule has 0 saturated heterocycles. The maximum atomic E-state index is 6.01. The van der Waals surface area contributed by atoms with Crippen LogP contribution in [0.15, 0.2) is 28.7 Å². The molecule has 1 heterocycles. The Morgan fingerprint density at radius 1 is 1.35 bits per heavy atom. The average Bonchev–Trinajstić information content (AvgIpc) is 2.80. The molecule has 2 rings (SSSR count). The minimum atomic E-state index is 0.555. The van der Waals surface area contributed by atoms with Crippen LogP contribution in [0.4, 0.5) is 0 Å². The average molecular weight is 375 g/mol. The minimum absolute atomic E-state index is 0.555. The summed E-state index contributed by atoms with van der Waals surface area (Å²) in [6.45, 7) is 6.46. The van der Waals surface area contributed by atoms with Gasteiger partial charge in [0.15, 0.2) is 0 Å². The van der Waals surface area contributed by atoms with E-state index >= 15 is 0 Å². The SMILES string of the molecule is CCNCc1cc(Br)cc(C)c1OCc1ccc(Cl)s1. The highest BCUT2D eigenvalue weighted by molar-refractivity contribution is 9.10. The Hall–Kier alpha value is -0.550. The van der Waals surface area contributed by atoms with E-state index < -0.39 is 0 Å². The lowest BCUT2D eigenvalue weighted by Gasteiger charge is -2.15. The Kier molecular flexibility index (Phi) is 5.90. The van der Waals surface area contributed by atoms with Gasteiger partial charge in [0.2, 0.25) is 0 Å². The first-order valence-electron chi connectivity index (χ1n) is 6.47. The minimum Gasteiger partial charge on any atom is -0.487 e. The van der Waals surface area contributed by atoms with Crippen LogP contribution in [-0.2, 0) is 13.2 Å². The van der Waals surface area contributed by atoms with Gasteiger partial charge in [-0.1, -0.05) is 34.5 Å². The second-order valence-electron chi connectivity index (χ2n) is 4.49. The summed E-state index contributed by atoms with van der Waals surface area (Å²) >= 11 is 11.0. The Labute approximate surface area is 137 Å². The first kappa shape index (κ1) is 15.8. The van der Waals surface area contributed by atoms with Crippen molar-refractivity contribution in [1.29, 1.82) is 0 Å². The molecule has 0 radical (unpaired) electrons. The smallest absolute Gasteiger partial charge is 0.127 e. The molecule has 0 atom stereocenters. The molecule has 1 N–H and O–H groups in total. The van der Waals surface area contributed by atoms with E-state index in [4.69, 9.17) is 16.3 Å². The van der Waals surface area contributed by atoms with Crippen LogP contribution in [-0.4, -0.2) is 6.54 Å². The molecule has 20 heavy (non-hydrogen) atoms. The summed E-state index contributed by atoms with van der Waals surface area (Å²) in [5, 5.41) is 3.34. The second kappa shape index (κ2) is 7.46. The highest BCUT2D eigenvalue weighted by Crippen LogP contribution is 2.30. The summed E-state index contributed by atoms with van der Waals surface area (Å²) in [7, 11) is 0. The van der Waals surface area contributed by atoms with Gasteiger partial charge in [-0.2, -0.15) is 0 Å². The molecule has 0 aliphatic heterocycles. The van der Waals surface area contributed by atoms with Crippen molar-refractivity contribution in [3.05, 3.63) is 49.1 Å². The largest absolute Gasteiger partial charge is 0.487 e. The van der Waals surface area contributed by atoms with Gasteiger partial charge >= 0.3 is 0 Å². The Balaban J connectivity index is 2.16. The van der Waals surface area contributed by atoms with Crippen LogP contribution >= 0.6 is 38.9 Å². The first-order valence-corrected chi connectivity index (χ1v) is 8.45. The topological polar surface area (TPSA) is 21.3 Å². The Morgan fingerprint density at radius 3 is 2.80 bits per heavy atom. The number of rotatable bonds is 6. The lowest BCUT2D eigenvalue weighted by Crippen LogP contribution is -2.13. The number of aryl methyl sites for hydroxylation is 1. The number of benzene rings is 1. The van der Waals surface area contributed by atoms with E-state index in [9.17, 15) is 0 Å². The van der Waals surface area contributed by atoms with Crippen molar-refractivity contribution < 1.29 is 4.74 Å². The molecule has 2 aromatic rings. The molecule has 1 aromatic heterocycles. The van der Waals surface area contributed by atoms with Gasteiger partial charge in [-0.3, -0.25) is 0 Å². The van der Waals surface area contributed by atoms with Crippen molar-refractivity contribution in [3.63, 3.8) is 0 Å². The Bertz CT molecular complexity index is 585. The molecule has 0 fully saturated rings. The van der Waals surface area contributed by atoms with E-state index in [-0.39, 0.29) is 0 Å². The molecule has 0 aliphatic carbocycles. The third-order valence-electron chi connectivity index (χ3n) is 2.87. The van der Waals surface area contributed by atoms with Crippen LogP contribution < -0.4 is 10.1 Å². The van der Waals surface area contributed by atoms with Crippen LogP contribution in [0.1, 0.15) is 22.9 Å². The summed E-state index contributed by atoms with van der Waals surface area (Å²) in [4.78, 5) is 1.13. The van der Waals surface area contributed by atoms with Crippen molar-refractivity contribution in [2.45, 2.75) is 27.0 Å². The highest BCUT2D eigenvalue weighted by Gasteiger charge is 2.10. The summed E-state index contributed by atoms with van der Waals surface area (Å²) in [6.07, 6.45) is 0. The zero-order valence-electron chi connectivity index (χ0n) is 11.5. The fraction of sp³-hybridized carbons (Fsp3) is 0.333. The van der Waals surface area contributed by atoms with Gasteiger partial charge in [0, 0.05) is 21.5 Å². The lowest BCUT2D eigenvalue weighted by molar-refractivity contribution is 0.303. The quantitative estimate of drug-likeness (QED) is 0.754. The summed E-state index contributed by atoms with van der Waals surface area (Å²) in [5.74, 6) is 0.957. The molecule has 2 nitrogen and oxygen atoms in total. The third kappa shape index (κ3) is 4.22. The van der Waals surface area contributed by atoms with Crippen LogP contribution in [0.3, 0.4) is 0 Å². The number of ether oxygens (including phenoxy) is 1. The summed E-state index contributed by atoms with van der Waals surface area (Å²) < 4.78 is 7.88. The van der Waals surface area contributed by atoms with Crippen molar-refractivity contribution in [2.75, 3.05) is 6.54 Å². The number of halogens is 2. The predicted octanol–water partition coefficient (Wildman–Crippen LogP) is 5.16. The van der Waals surface area contributed by atoms with Crippen LogP contribution in [0.25, 0.3) is 0 Å². The fourth-order valence-electron chi connectivity index (χ4n) is 1.97. The maximum absolute atomic E-state index is 6.01. The van der Waals surface area contributed by atoms with Crippen LogP contribution in [0.2, 0.25) is 4.34 Å². The van der Waals surface area contributed by atoms with E-state index in [1.54, 1.807) is 11.3 Å². The zero-order chi connectivity index (χ0) is 14.5. The van der Waals surface area contributed by atoms with E-state index in [2.05, 4.69) is 47.2 Å². The van der Waals surface area contributed by atoms with Crippen LogP contribution in [0.5, 0.6) is 5.75 Å². The van der Waals surface area contributed by atoms with Gasteiger partial charge in [-0.25, -0.2) is 0 Å². The fourth-order valence-corrected chi connectivity index (χ4v) is 3.59. The van der Waals surface area contributed by atoms with Gasteiger partial charge in [0.1, 0.15) is 12.4 Å². The van der Waals surface area contributed by atoms with E-state index in [0.29, 0.717) is 6.61 Å². The van der Waals surface area contributed by atoms with Gasteiger partial charge in [-0.05, 0) is 43.3 Å². The molecule has 0 bridgehead atoms. The molecule has 1 aromatic carbocycles. The Morgan fingerprint density at radius 2 is 2.15 bits per heavy atom. The van der Waals surface area contributed by atoms with E-state index in [0.717, 1.165) is 38.1 Å². The highest BCUT2D eigenvalue weighted by atomic mass is 79.9. The molecule has 0 spiro atoms. The van der Waals surface area contributed by atoms with Crippen molar-refractivity contribution >= 4 is 38.9 Å². The summed E-state index contributed by atoms with van der Waals surface area (Å²) in [5.41, 5.74) is 2.30. The van der Waals surface area contributed by atoms with Gasteiger partial charge in [-0.15, -0.1) is 11.3 Å². The first-order chi connectivity index (χ1) is 9.60. The number of hydrogen-bond donors (Lipinski definition) is 1. The molecule has 0 aliphatic rings. The molecular weight excluding hydrogens is 358 g/mol. The second-order valence-corrected chi connectivity index (χ2v) is 7.20. The molecule has 0 unspecified atom stereocenters. The molecule has 0 saturated carbocycles. The number of thiophene rings is 1. The number of nitrogens with one attached hydrogen (secondary N) is 1. The van der Waals surface area contributed by atoms with Gasteiger partial charge in [0.25, 0.3) is 0 Å². The van der Waals surface area contributed by atoms with Crippen LogP contribution in [0, 0.1) is 6.92 Å². The van der Waals surface area contributed by atoms with Gasteiger partial charge in [0.05, 0.1) is 4.34 Å². The van der Waals surface area contributed by atoms with E-state index in [1.807, 2.05) is 12.1 Å². The molecule has 108 valence electrons. The third-order valence-corrected chi connectivity index (χ3v) is 4.53. The number of hydrogen-bond acceptors (Lipinski definition) is 3. The molecule has 0 amide bonds. The predicted molar refractivity (Wildman–Crippen MR) is 89.9 cm³/mol. The normalized spacial score (nSPS) is 10.8. The van der Waals surface area contributed by atoms with Crippen molar-refractivity contribution in [1.82, 2.24) is 5.32 Å². The lowest BCUT2D eigenvalue weighted by atomic mass is 10.1. The monoisotopic (exact) mass is 373 g/mol. The van der Waals surface area contributed by atoms with Gasteiger partial charge < -0.3 is 10.1 Å². The van der Waals surface area contributed by atoms with Crippen molar-refractivity contribution in [3.8, 4) is 5.75 Å². The molecule has 5 heteroatoms. The molecular formula is C15H17BrClNOS. The van der Waals surface area contributed by atoms with Crippen molar-refractivity contribution in [2.24, 2.45) is 0 Å². The van der Waals surface area contributed by atoms with E-state index in [1.165, 1.54) is 5.56 Å². The zero-order valence-corrected chi connectivity index (χ0v) is 14.7.